The van der Waals surface area contributed by atoms with Gasteiger partial charge in [-0.3, -0.25) is 4.99 Å². The number of rotatable bonds is 5. The smallest absolute Gasteiger partial charge is 0.144 e. The van der Waals surface area contributed by atoms with E-state index in [9.17, 15) is 0 Å². The van der Waals surface area contributed by atoms with Crippen LogP contribution in [0.1, 0.15) is 76.2 Å². The molecule has 1 N–H and O–H groups in total. The summed E-state index contributed by atoms with van der Waals surface area (Å²) in [4.78, 5) is 14.5. The highest BCUT2D eigenvalue weighted by atomic mass is 19.1. The molecule has 3 heterocycles. The van der Waals surface area contributed by atoms with Crippen molar-refractivity contribution < 1.29 is 4.39 Å². The van der Waals surface area contributed by atoms with Gasteiger partial charge in [-0.1, -0.05) is 30.7 Å². The first-order valence-corrected chi connectivity index (χ1v) is 12.3. The average molecular weight is 447 g/mol. The SMILES string of the molecule is C/C=C(\C=C(\F)C1=NC(C)C=C(C)CC1)c1nc2ccc(C3CCNCC3)cc2nc1CC. The van der Waals surface area contributed by atoms with E-state index >= 15 is 4.39 Å². The molecule has 2 aromatic rings. The van der Waals surface area contributed by atoms with Gasteiger partial charge in [0.05, 0.1) is 34.2 Å². The van der Waals surface area contributed by atoms with Crippen LogP contribution in [0.4, 0.5) is 4.39 Å². The molecule has 0 spiro atoms. The summed E-state index contributed by atoms with van der Waals surface area (Å²) in [5.74, 6) is 0.300. The van der Waals surface area contributed by atoms with Gasteiger partial charge in [0.2, 0.25) is 0 Å². The lowest BCUT2D eigenvalue weighted by Crippen LogP contribution is -2.26. The molecular weight excluding hydrogens is 411 g/mol. The van der Waals surface area contributed by atoms with Crippen LogP contribution in [0.25, 0.3) is 16.6 Å². The molecule has 5 heteroatoms. The number of piperidine rings is 1. The maximum Gasteiger partial charge on any atom is 0.144 e. The van der Waals surface area contributed by atoms with Crippen molar-refractivity contribution in [1.29, 1.82) is 0 Å². The van der Waals surface area contributed by atoms with Crippen LogP contribution in [0.2, 0.25) is 0 Å². The standard InChI is InChI=1S/C28H35FN4/c1-5-20(16-23(29)25-9-7-18(3)15-19(4)31-25)28-24(6-2)32-27-17-22(8-10-26(27)33-28)21-11-13-30-14-12-21/h5,8,10,15-17,19,21,30H,6-7,9,11-14H2,1-4H3/b20-5+,23-16+. The molecule has 0 saturated carbocycles. The van der Waals surface area contributed by atoms with E-state index in [0.29, 0.717) is 18.1 Å². The van der Waals surface area contributed by atoms with Crippen molar-refractivity contribution >= 4 is 22.3 Å². The fraction of sp³-hybridized carbons (Fsp3) is 0.464. The number of aromatic nitrogens is 2. The molecule has 33 heavy (non-hydrogen) atoms. The molecule has 0 aliphatic carbocycles. The van der Waals surface area contributed by atoms with Gasteiger partial charge in [0.25, 0.3) is 0 Å². The number of fused-ring (bicyclic) bond motifs is 1. The van der Waals surface area contributed by atoms with Crippen molar-refractivity contribution in [3.63, 3.8) is 0 Å². The van der Waals surface area contributed by atoms with E-state index in [1.54, 1.807) is 6.08 Å². The maximum absolute atomic E-state index is 15.3. The van der Waals surface area contributed by atoms with Gasteiger partial charge in [0.15, 0.2) is 0 Å². The van der Waals surface area contributed by atoms with Gasteiger partial charge in [0, 0.05) is 5.57 Å². The van der Waals surface area contributed by atoms with Crippen molar-refractivity contribution in [1.82, 2.24) is 15.3 Å². The number of aliphatic imine (C=N–C) groups is 1. The Kier molecular flexibility index (Phi) is 7.49. The Balaban J connectivity index is 1.67. The van der Waals surface area contributed by atoms with Crippen LogP contribution in [0, 0.1) is 0 Å². The lowest BCUT2D eigenvalue weighted by Gasteiger charge is -2.23. The summed E-state index contributed by atoms with van der Waals surface area (Å²) in [5.41, 5.74) is 7.33. The minimum atomic E-state index is -0.275. The van der Waals surface area contributed by atoms with Crippen LogP contribution < -0.4 is 5.32 Å². The Morgan fingerprint density at radius 1 is 1.15 bits per heavy atom. The van der Waals surface area contributed by atoms with Crippen LogP contribution in [0.15, 0.2) is 52.8 Å². The van der Waals surface area contributed by atoms with Crippen LogP contribution in [0.5, 0.6) is 0 Å². The fourth-order valence-electron chi connectivity index (χ4n) is 4.84. The van der Waals surface area contributed by atoms with Gasteiger partial charge >= 0.3 is 0 Å². The number of halogens is 1. The summed E-state index contributed by atoms with van der Waals surface area (Å²) in [6, 6.07) is 6.45. The molecule has 0 amide bonds. The molecule has 0 bridgehead atoms. The van der Waals surface area contributed by atoms with E-state index in [1.165, 1.54) is 11.1 Å². The van der Waals surface area contributed by atoms with Gasteiger partial charge in [0.1, 0.15) is 5.83 Å². The maximum atomic E-state index is 15.3. The van der Waals surface area contributed by atoms with Crippen molar-refractivity contribution in [2.45, 2.75) is 71.8 Å². The lowest BCUT2D eigenvalue weighted by atomic mass is 9.90. The van der Waals surface area contributed by atoms with Crippen LogP contribution in [0.3, 0.4) is 0 Å². The second kappa shape index (κ2) is 10.5. The number of aryl methyl sites for hydroxylation is 1. The second-order valence-electron chi connectivity index (χ2n) is 9.21. The molecule has 1 unspecified atom stereocenters. The number of nitrogens with one attached hydrogen (secondary N) is 1. The Morgan fingerprint density at radius 3 is 2.67 bits per heavy atom. The lowest BCUT2D eigenvalue weighted by molar-refractivity contribution is 0.460. The van der Waals surface area contributed by atoms with Crippen molar-refractivity contribution in [2.75, 3.05) is 13.1 Å². The highest BCUT2D eigenvalue weighted by Gasteiger charge is 2.18. The Morgan fingerprint density at radius 2 is 1.94 bits per heavy atom. The number of hydrogen-bond donors (Lipinski definition) is 1. The molecule has 0 radical (unpaired) electrons. The summed E-state index contributed by atoms with van der Waals surface area (Å²) in [6.45, 7) is 10.2. The molecule has 1 aromatic carbocycles. The summed E-state index contributed by atoms with van der Waals surface area (Å²) >= 11 is 0. The van der Waals surface area contributed by atoms with E-state index in [2.05, 4.69) is 48.4 Å². The summed E-state index contributed by atoms with van der Waals surface area (Å²) in [6.07, 6.45) is 10.1. The summed E-state index contributed by atoms with van der Waals surface area (Å²) in [5, 5.41) is 3.43. The zero-order valence-corrected chi connectivity index (χ0v) is 20.3. The van der Waals surface area contributed by atoms with E-state index in [-0.39, 0.29) is 11.9 Å². The third kappa shape index (κ3) is 5.47. The molecule has 1 aromatic heterocycles. The highest BCUT2D eigenvalue weighted by Crippen LogP contribution is 2.29. The third-order valence-electron chi connectivity index (χ3n) is 6.69. The monoisotopic (exact) mass is 446 g/mol. The first-order valence-electron chi connectivity index (χ1n) is 12.3. The van der Waals surface area contributed by atoms with E-state index < -0.39 is 0 Å². The molecule has 2 aliphatic heterocycles. The molecule has 1 fully saturated rings. The molecule has 1 atom stereocenters. The molecular formula is C28H35FN4. The predicted molar refractivity (Wildman–Crippen MR) is 136 cm³/mol. The second-order valence-corrected chi connectivity index (χ2v) is 9.21. The minimum Gasteiger partial charge on any atom is -0.317 e. The minimum absolute atomic E-state index is 0.00323. The third-order valence-corrected chi connectivity index (χ3v) is 6.69. The Hall–Kier alpha value is -2.66. The van der Waals surface area contributed by atoms with Crippen molar-refractivity contribution in [3.8, 4) is 0 Å². The number of hydrogen-bond acceptors (Lipinski definition) is 4. The molecule has 4 rings (SSSR count). The summed E-state index contributed by atoms with van der Waals surface area (Å²) in [7, 11) is 0. The molecule has 1 saturated heterocycles. The number of benzene rings is 1. The van der Waals surface area contributed by atoms with Gasteiger partial charge in [-0.25, -0.2) is 14.4 Å². The number of allylic oxidation sites excluding steroid dienone is 5. The van der Waals surface area contributed by atoms with E-state index in [1.807, 2.05) is 19.9 Å². The van der Waals surface area contributed by atoms with Crippen LogP contribution >= 0.6 is 0 Å². The molecule has 2 aliphatic rings. The predicted octanol–water partition coefficient (Wildman–Crippen LogP) is 6.49. The van der Waals surface area contributed by atoms with E-state index in [0.717, 1.165) is 66.8 Å². The first-order chi connectivity index (χ1) is 16.0. The zero-order valence-electron chi connectivity index (χ0n) is 20.3. The van der Waals surface area contributed by atoms with Gasteiger partial charge in [-0.2, -0.15) is 0 Å². The van der Waals surface area contributed by atoms with Crippen molar-refractivity contribution in [2.24, 2.45) is 4.99 Å². The topological polar surface area (TPSA) is 50.2 Å². The summed E-state index contributed by atoms with van der Waals surface area (Å²) < 4.78 is 15.3. The Bertz CT molecular complexity index is 1140. The largest absolute Gasteiger partial charge is 0.317 e. The molecule has 4 nitrogen and oxygen atoms in total. The quantitative estimate of drug-likeness (QED) is 0.422. The van der Waals surface area contributed by atoms with Crippen LogP contribution in [-0.2, 0) is 6.42 Å². The van der Waals surface area contributed by atoms with Crippen molar-refractivity contribution in [3.05, 3.63) is 64.8 Å². The van der Waals surface area contributed by atoms with E-state index in [4.69, 9.17) is 9.97 Å². The Labute approximate surface area is 196 Å². The average Bonchev–Trinajstić information content (AvgIpc) is 3.01. The highest BCUT2D eigenvalue weighted by molar-refractivity contribution is 6.01. The van der Waals surface area contributed by atoms with Crippen LogP contribution in [-0.4, -0.2) is 34.8 Å². The zero-order chi connectivity index (χ0) is 23.4. The first kappa shape index (κ1) is 23.5. The fourth-order valence-corrected chi connectivity index (χ4v) is 4.84. The van der Waals surface area contributed by atoms with Gasteiger partial charge < -0.3 is 5.32 Å². The number of nitrogens with zero attached hydrogens (tertiary/aromatic N) is 3. The van der Waals surface area contributed by atoms with Gasteiger partial charge in [-0.05, 0) is 95.7 Å². The normalized spacial score (nSPS) is 21.1. The molecule has 174 valence electrons. The van der Waals surface area contributed by atoms with Gasteiger partial charge in [-0.15, -0.1) is 0 Å².